The van der Waals surface area contributed by atoms with Crippen LogP contribution in [0.15, 0.2) is 20.0 Å². The molecule has 6 rings (SSSR count). The molecule has 4 heterocycles. The van der Waals surface area contributed by atoms with Gasteiger partial charge in [-0.3, -0.25) is 14.2 Å². The Balaban J connectivity index is 1.19. The molecule has 2 saturated carbocycles. The molecular weight excluding hydrogens is 558 g/mol. The number of aryl methyl sites for hydroxylation is 2. The molecule has 3 aromatic rings. The molecule has 1 aliphatic heterocycles. The van der Waals surface area contributed by atoms with Gasteiger partial charge in [0.05, 0.1) is 18.7 Å². The van der Waals surface area contributed by atoms with E-state index in [4.69, 9.17) is 35.2 Å². The molecule has 43 heavy (non-hydrogen) atoms. The lowest BCUT2D eigenvalue weighted by molar-refractivity contribution is -0.168. The second kappa shape index (κ2) is 11.1. The van der Waals surface area contributed by atoms with Crippen molar-refractivity contribution in [3.8, 4) is 12.3 Å². The summed E-state index contributed by atoms with van der Waals surface area (Å²) in [5.41, 5.74) is 5.77. The highest BCUT2D eigenvalue weighted by Crippen LogP contribution is 2.55. The first-order valence-electron chi connectivity index (χ1n) is 14.6. The zero-order valence-electron chi connectivity index (χ0n) is 24.3. The van der Waals surface area contributed by atoms with Gasteiger partial charge in [-0.25, -0.2) is 19.7 Å². The fourth-order valence-electron chi connectivity index (χ4n) is 6.92. The van der Waals surface area contributed by atoms with E-state index in [1.54, 1.807) is 11.5 Å². The van der Waals surface area contributed by atoms with Crippen LogP contribution < -0.4 is 11.6 Å². The van der Waals surface area contributed by atoms with E-state index < -0.39 is 29.5 Å². The Morgan fingerprint density at radius 3 is 2.63 bits per heavy atom. The summed E-state index contributed by atoms with van der Waals surface area (Å²) >= 11 is 0. The predicted octanol–water partition coefficient (Wildman–Crippen LogP) is 3.52. The number of ether oxygens (including phenoxy) is 3. The van der Waals surface area contributed by atoms with Crippen LogP contribution in [-0.4, -0.2) is 43.7 Å². The SMILES string of the molecule is C#C[C@]1(COC(=O)C2CC3(CCCCC3)C2)O[C@@H](n2cnc3c(N)nc(C)nc32)C[C@@H]1CC(=O)OCc1oc(=O)oc1C. The summed E-state index contributed by atoms with van der Waals surface area (Å²) in [6.07, 6.45) is 14.7. The zero-order chi connectivity index (χ0) is 30.4. The van der Waals surface area contributed by atoms with E-state index >= 15 is 0 Å². The van der Waals surface area contributed by atoms with Crippen LogP contribution in [0.4, 0.5) is 5.82 Å². The third-order valence-corrected chi connectivity index (χ3v) is 9.25. The molecule has 13 heteroatoms. The molecule has 0 unspecified atom stereocenters. The van der Waals surface area contributed by atoms with Crippen molar-refractivity contribution in [1.82, 2.24) is 19.5 Å². The van der Waals surface area contributed by atoms with Gasteiger partial charge in [-0.2, -0.15) is 0 Å². The van der Waals surface area contributed by atoms with Crippen LogP contribution >= 0.6 is 0 Å². The average Bonchev–Trinajstić information content (AvgIpc) is 3.64. The molecule has 2 N–H and O–H groups in total. The number of terminal acetylenes is 1. The number of hydrogen-bond donors (Lipinski definition) is 1. The molecule has 13 nitrogen and oxygen atoms in total. The Bertz CT molecular complexity index is 1640. The van der Waals surface area contributed by atoms with E-state index in [9.17, 15) is 14.4 Å². The normalized spacial score (nSPS) is 25.0. The van der Waals surface area contributed by atoms with Crippen molar-refractivity contribution in [1.29, 1.82) is 0 Å². The van der Waals surface area contributed by atoms with Crippen molar-refractivity contribution in [2.24, 2.45) is 17.3 Å². The van der Waals surface area contributed by atoms with Crippen molar-refractivity contribution in [2.75, 3.05) is 12.3 Å². The first-order valence-corrected chi connectivity index (χ1v) is 14.6. The topological polar surface area (TPSA) is 175 Å². The Hall–Kier alpha value is -4.18. The number of fused-ring (bicyclic) bond motifs is 1. The fraction of sp³-hybridized carbons (Fsp3) is 0.600. The first kappa shape index (κ1) is 28.9. The molecule has 228 valence electrons. The van der Waals surface area contributed by atoms with Gasteiger partial charge in [0, 0.05) is 12.3 Å². The van der Waals surface area contributed by atoms with Crippen molar-refractivity contribution in [2.45, 2.75) is 90.1 Å². The van der Waals surface area contributed by atoms with E-state index in [2.05, 4.69) is 20.9 Å². The number of imidazole rings is 1. The van der Waals surface area contributed by atoms with E-state index in [1.165, 1.54) is 32.5 Å². The molecule has 2 aliphatic carbocycles. The summed E-state index contributed by atoms with van der Waals surface area (Å²) in [7, 11) is 0. The molecule has 3 aromatic heterocycles. The van der Waals surface area contributed by atoms with Gasteiger partial charge in [0.2, 0.25) is 0 Å². The van der Waals surface area contributed by atoms with Crippen LogP contribution in [-0.2, 0) is 30.4 Å². The van der Waals surface area contributed by atoms with Gasteiger partial charge in [0.25, 0.3) is 0 Å². The lowest BCUT2D eigenvalue weighted by atomic mass is 9.56. The van der Waals surface area contributed by atoms with E-state index in [1.807, 2.05) is 0 Å². The maximum absolute atomic E-state index is 13.1. The van der Waals surface area contributed by atoms with Gasteiger partial charge in [0.1, 0.15) is 24.2 Å². The third-order valence-electron chi connectivity index (χ3n) is 9.25. The number of nitrogens with zero attached hydrogens (tertiary/aromatic N) is 4. The molecule has 1 saturated heterocycles. The predicted molar refractivity (Wildman–Crippen MR) is 150 cm³/mol. The lowest BCUT2D eigenvalue weighted by Crippen LogP contribution is -2.46. The Morgan fingerprint density at radius 2 is 1.93 bits per heavy atom. The molecule has 0 radical (unpaired) electrons. The quantitative estimate of drug-likeness (QED) is 0.298. The molecule has 0 bridgehead atoms. The number of esters is 2. The third kappa shape index (κ3) is 5.51. The molecule has 0 aromatic carbocycles. The molecule has 3 aliphatic rings. The smallest absolute Gasteiger partial charge is 0.461 e. The maximum atomic E-state index is 13.1. The number of hydrogen-bond acceptors (Lipinski definition) is 12. The summed E-state index contributed by atoms with van der Waals surface area (Å²) in [4.78, 5) is 50.5. The van der Waals surface area contributed by atoms with Gasteiger partial charge in [-0.15, -0.1) is 6.42 Å². The highest BCUT2D eigenvalue weighted by atomic mass is 16.6. The second-order valence-corrected chi connectivity index (χ2v) is 12.1. The highest BCUT2D eigenvalue weighted by Gasteiger charge is 2.52. The van der Waals surface area contributed by atoms with E-state index in [-0.39, 0.29) is 60.7 Å². The Labute approximate surface area is 247 Å². The van der Waals surface area contributed by atoms with Crippen LogP contribution in [0.3, 0.4) is 0 Å². The monoisotopic (exact) mass is 593 g/mol. The summed E-state index contributed by atoms with van der Waals surface area (Å²) in [6.45, 7) is 2.75. The molecule has 1 spiro atoms. The largest absolute Gasteiger partial charge is 0.519 e. The highest BCUT2D eigenvalue weighted by molar-refractivity contribution is 5.81. The van der Waals surface area contributed by atoms with E-state index in [0.717, 1.165) is 25.7 Å². The number of aromatic nitrogens is 4. The standard InChI is InChI=1S/C30H35N5O8/c1-4-30(15-40-27(37)19-12-29(13-19)8-6-5-7-9-29)20(11-23(36)39-14-21-17(2)41-28(38)42-21)10-22(43-30)35-16-32-24-25(31)33-18(3)34-26(24)35/h1,16,19-20,22H,5-15H2,2-3H3,(H2,31,33,34)/t20-,22-,30-/m1/s1. The summed E-state index contributed by atoms with van der Waals surface area (Å²) < 4.78 is 29.1. The van der Waals surface area contributed by atoms with Crippen LogP contribution in [0, 0.1) is 43.4 Å². The second-order valence-electron chi connectivity index (χ2n) is 12.1. The van der Waals surface area contributed by atoms with Crippen LogP contribution in [0.2, 0.25) is 0 Å². The molecular formula is C30H35N5O8. The summed E-state index contributed by atoms with van der Waals surface area (Å²) in [5, 5.41) is 0. The Kier molecular flexibility index (Phi) is 7.50. The van der Waals surface area contributed by atoms with E-state index in [0.29, 0.717) is 17.0 Å². The number of carbonyl (C=O) groups excluding carboxylic acids is 2. The van der Waals surface area contributed by atoms with Crippen molar-refractivity contribution in [3.05, 3.63) is 34.3 Å². The minimum absolute atomic E-state index is 0.116. The van der Waals surface area contributed by atoms with Crippen LogP contribution in [0.25, 0.3) is 11.2 Å². The average molecular weight is 594 g/mol. The van der Waals surface area contributed by atoms with Crippen molar-refractivity contribution >= 4 is 28.9 Å². The van der Waals surface area contributed by atoms with Gasteiger partial charge >= 0.3 is 17.8 Å². The minimum Gasteiger partial charge on any atom is -0.461 e. The fourth-order valence-corrected chi connectivity index (χ4v) is 6.92. The van der Waals surface area contributed by atoms with Crippen molar-refractivity contribution in [3.63, 3.8) is 0 Å². The minimum atomic E-state index is -1.42. The van der Waals surface area contributed by atoms with Crippen LogP contribution in [0.1, 0.15) is 81.4 Å². The number of anilines is 1. The lowest BCUT2D eigenvalue weighted by Gasteiger charge is -2.49. The molecule has 3 fully saturated rings. The van der Waals surface area contributed by atoms with Gasteiger partial charge < -0.3 is 28.8 Å². The van der Waals surface area contributed by atoms with Gasteiger partial charge in [0.15, 0.2) is 35.2 Å². The maximum Gasteiger partial charge on any atom is 0.519 e. The number of nitrogens with two attached hydrogens (primary N) is 1. The summed E-state index contributed by atoms with van der Waals surface area (Å²) in [6, 6.07) is 0. The summed E-state index contributed by atoms with van der Waals surface area (Å²) in [5.74, 6) is 1.19. The van der Waals surface area contributed by atoms with Gasteiger partial charge in [-0.05, 0) is 44.9 Å². The zero-order valence-corrected chi connectivity index (χ0v) is 24.3. The van der Waals surface area contributed by atoms with Crippen LogP contribution in [0.5, 0.6) is 0 Å². The molecule has 3 atom stereocenters. The van der Waals surface area contributed by atoms with Crippen molar-refractivity contribution < 1.29 is 32.6 Å². The number of nitrogen functional groups attached to an aromatic ring is 1. The first-order chi connectivity index (χ1) is 20.6. The van der Waals surface area contributed by atoms with Gasteiger partial charge in [-0.1, -0.05) is 25.2 Å². The number of rotatable bonds is 8. The molecule has 0 amide bonds. The number of carbonyl (C=O) groups is 2. The Morgan fingerprint density at radius 1 is 1.16 bits per heavy atom.